The van der Waals surface area contributed by atoms with Crippen molar-refractivity contribution in [2.45, 2.75) is 23.6 Å². The first-order valence-corrected chi connectivity index (χ1v) is 22.3. The van der Waals surface area contributed by atoms with E-state index in [1.54, 1.807) is 47.2 Å². The van der Waals surface area contributed by atoms with Crippen LogP contribution in [0.25, 0.3) is 6.08 Å². The number of oxime groups is 1. The third kappa shape index (κ3) is 8.51. The van der Waals surface area contributed by atoms with Gasteiger partial charge >= 0.3 is 5.97 Å². The fourth-order valence-electron chi connectivity index (χ4n) is 7.37. The van der Waals surface area contributed by atoms with Gasteiger partial charge in [0.2, 0.25) is 5.91 Å². The quantitative estimate of drug-likeness (QED) is 0.0344. The topological polar surface area (TPSA) is 144 Å². The lowest BCUT2D eigenvalue weighted by molar-refractivity contribution is -0.160. The van der Waals surface area contributed by atoms with Crippen LogP contribution in [0.1, 0.15) is 32.8 Å². The lowest BCUT2D eigenvalue weighted by atomic mass is 9.77. The molecule has 4 heterocycles. The molecule has 0 aliphatic carbocycles. The lowest BCUT2D eigenvalue weighted by Gasteiger charge is -2.53. The molecular formula is C45H39ClN6O6S3. The molecule has 4 aromatic carbocycles. The highest BCUT2D eigenvalue weighted by Gasteiger charge is 2.57. The number of thioether (sulfide) groups is 1. The molecule has 0 spiro atoms. The molecule has 2 unspecified atom stereocenters. The number of fused-ring (bicyclic) bond motifs is 1. The Kier molecular flexibility index (Phi) is 12.5. The van der Waals surface area contributed by atoms with E-state index in [1.807, 2.05) is 66.7 Å². The Hall–Kier alpha value is -6.00. The van der Waals surface area contributed by atoms with Crippen molar-refractivity contribution in [3.05, 3.63) is 170 Å². The third-order valence-electron chi connectivity index (χ3n) is 10.5. The zero-order valence-corrected chi connectivity index (χ0v) is 36.1. The number of hydrogen-bond acceptors (Lipinski definition) is 13. The molecule has 6 aromatic rings. The largest absolute Gasteiger partial charge is 0.497 e. The smallest absolute Gasteiger partial charge is 0.318 e. The van der Waals surface area contributed by atoms with Crippen molar-refractivity contribution in [2.75, 3.05) is 31.8 Å². The van der Waals surface area contributed by atoms with Crippen LogP contribution in [0.15, 0.2) is 137 Å². The zero-order valence-electron chi connectivity index (χ0n) is 32.9. The summed E-state index contributed by atoms with van der Waals surface area (Å²) in [6.07, 6.45) is 3.48. The molecule has 16 heteroatoms. The molecule has 310 valence electrons. The average molecular weight is 891 g/mol. The number of hydrogen-bond donors (Lipinski definition) is 2. The maximum Gasteiger partial charge on any atom is 0.318 e. The first-order chi connectivity index (χ1) is 29.7. The molecule has 2 saturated heterocycles. The molecule has 2 aromatic heterocycles. The molecule has 8 rings (SSSR count). The Bertz CT molecular complexity index is 2460. The van der Waals surface area contributed by atoms with Crippen molar-refractivity contribution in [3.63, 3.8) is 0 Å². The highest BCUT2D eigenvalue weighted by Crippen LogP contribution is 2.45. The van der Waals surface area contributed by atoms with Gasteiger partial charge in [0.15, 0.2) is 10.8 Å². The van der Waals surface area contributed by atoms with Gasteiger partial charge in [0.05, 0.1) is 17.5 Å². The minimum atomic E-state index is -1.20. The minimum absolute atomic E-state index is 0.0294. The highest BCUT2D eigenvalue weighted by molar-refractivity contribution is 8.00. The second-order valence-corrected chi connectivity index (χ2v) is 17.4. The Labute approximate surface area is 369 Å². The summed E-state index contributed by atoms with van der Waals surface area (Å²) in [7, 11) is 2.93. The number of methoxy groups -OCH3 is 1. The minimum Gasteiger partial charge on any atom is -0.497 e. The van der Waals surface area contributed by atoms with Crippen molar-refractivity contribution in [1.82, 2.24) is 20.2 Å². The van der Waals surface area contributed by atoms with Gasteiger partial charge in [-0.3, -0.25) is 14.4 Å². The van der Waals surface area contributed by atoms with Gasteiger partial charge in [-0.05, 0) is 40.5 Å². The average Bonchev–Trinajstić information content (AvgIpc) is 3.96. The van der Waals surface area contributed by atoms with Crippen LogP contribution in [0.4, 0.5) is 5.13 Å². The maximum absolute atomic E-state index is 14.0. The summed E-state index contributed by atoms with van der Waals surface area (Å²) in [6, 6.07) is 36.7. The number of carbonyl (C=O) groups is 3. The molecule has 2 aliphatic rings. The fraction of sp³-hybridized carbons (Fsp3) is 0.200. The number of ether oxygens (including phenoxy) is 2. The van der Waals surface area contributed by atoms with E-state index in [4.69, 9.17) is 30.9 Å². The van der Waals surface area contributed by atoms with Crippen LogP contribution >= 0.6 is 46.0 Å². The van der Waals surface area contributed by atoms with E-state index >= 15 is 0 Å². The van der Waals surface area contributed by atoms with Crippen LogP contribution in [0.3, 0.4) is 0 Å². The molecule has 2 N–H and O–H groups in total. The lowest BCUT2D eigenvalue weighted by Crippen LogP contribution is -2.73. The van der Waals surface area contributed by atoms with Gasteiger partial charge in [0, 0.05) is 17.7 Å². The second-order valence-electron chi connectivity index (χ2n) is 14.2. The van der Waals surface area contributed by atoms with Crippen LogP contribution in [-0.4, -0.2) is 76.3 Å². The van der Waals surface area contributed by atoms with Crippen molar-refractivity contribution >= 4 is 80.7 Å². The summed E-state index contributed by atoms with van der Waals surface area (Å²) in [4.78, 5) is 58.1. The van der Waals surface area contributed by atoms with Crippen molar-refractivity contribution in [1.29, 1.82) is 0 Å². The SMILES string of the molecule is CON=C(C(=O)NC1C(=O)N2CC(C=Cc3scnc3Cl)(C(=O)OCc3ccc(OC)cc3)CS[C@H]12)c1csc(NC(c2ccccc2)(c2ccccc2)c2ccccc2)n1. The zero-order chi connectivity index (χ0) is 42.4. The molecule has 0 bridgehead atoms. The Morgan fingerprint density at radius 3 is 2.15 bits per heavy atom. The summed E-state index contributed by atoms with van der Waals surface area (Å²) in [5.74, 6) is -0.519. The molecule has 2 aliphatic heterocycles. The van der Waals surface area contributed by atoms with E-state index in [0.717, 1.165) is 22.3 Å². The van der Waals surface area contributed by atoms with Gasteiger partial charge < -0.3 is 29.8 Å². The Balaban J connectivity index is 1.00. The molecular weight excluding hydrogens is 852 g/mol. The van der Waals surface area contributed by atoms with E-state index < -0.39 is 34.2 Å². The Morgan fingerprint density at radius 2 is 1.57 bits per heavy atom. The van der Waals surface area contributed by atoms with Crippen molar-refractivity contribution < 1.29 is 28.7 Å². The summed E-state index contributed by atoms with van der Waals surface area (Å²) in [5.41, 5.74) is 3.49. The summed E-state index contributed by atoms with van der Waals surface area (Å²) in [5, 5.41) is 12.8. The highest BCUT2D eigenvalue weighted by atomic mass is 35.5. The number of rotatable bonds is 15. The van der Waals surface area contributed by atoms with E-state index in [-0.39, 0.29) is 36.2 Å². The number of nitrogens with zero attached hydrogens (tertiary/aromatic N) is 4. The van der Waals surface area contributed by atoms with E-state index in [0.29, 0.717) is 20.9 Å². The van der Waals surface area contributed by atoms with Crippen LogP contribution in [0, 0.1) is 5.41 Å². The Morgan fingerprint density at radius 1 is 0.934 bits per heavy atom. The number of aromatic nitrogens is 2. The second kappa shape index (κ2) is 18.3. The summed E-state index contributed by atoms with van der Waals surface area (Å²) < 4.78 is 11.1. The van der Waals surface area contributed by atoms with Crippen molar-refractivity contribution in [2.24, 2.45) is 10.6 Å². The molecule has 3 atom stereocenters. The number of esters is 1. The van der Waals surface area contributed by atoms with Gasteiger partial charge in [0.1, 0.15) is 52.7 Å². The number of β-lactam (4-membered cyclic amide) rings is 1. The molecule has 2 fully saturated rings. The van der Waals surface area contributed by atoms with Crippen LogP contribution < -0.4 is 15.4 Å². The van der Waals surface area contributed by atoms with E-state index in [1.165, 1.54) is 41.5 Å². The van der Waals surface area contributed by atoms with Crippen LogP contribution in [0.5, 0.6) is 5.75 Å². The molecule has 2 amide bonds. The summed E-state index contributed by atoms with van der Waals surface area (Å²) in [6.45, 7) is 0.0675. The fourth-order valence-corrected chi connectivity index (χ4v) is 10.5. The molecule has 0 saturated carbocycles. The summed E-state index contributed by atoms with van der Waals surface area (Å²) >= 11 is 10.3. The first-order valence-electron chi connectivity index (χ1n) is 19.1. The third-order valence-corrected chi connectivity index (χ3v) is 14.0. The van der Waals surface area contributed by atoms with Gasteiger partial charge in [-0.15, -0.1) is 34.4 Å². The van der Waals surface area contributed by atoms with Gasteiger partial charge in [-0.2, -0.15) is 0 Å². The predicted octanol–water partition coefficient (Wildman–Crippen LogP) is 7.86. The number of anilines is 1. The normalized spacial score (nSPS) is 18.8. The molecule has 61 heavy (non-hydrogen) atoms. The van der Waals surface area contributed by atoms with Crippen LogP contribution in [-0.2, 0) is 36.1 Å². The van der Waals surface area contributed by atoms with E-state index in [9.17, 15) is 14.4 Å². The van der Waals surface area contributed by atoms with E-state index in [2.05, 4.69) is 57.2 Å². The number of thiazole rings is 2. The molecule has 0 radical (unpaired) electrons. The monoisotopic (exact) mass is 890 g/mol. The first kappa shape index (κ1) is 41.7. The van der Waals surface area contributed by atoms with Crippen molar-refractivity contribution in [3.8, 4) is 5.75 Å². The van der Waals surface area contributed by atoms with Gasteiger partial charge in [-0.1, -0.05) is 126 Å². The predicted molar refractivity (Wildman–Crippen MR) is 240 cm³/mol. The number of carbonyl (C=O) groups excluding carboxylic acids is 3. The standard InChI is InChI=1S/C45H39ClN6O6S3/c1-56-33-20-18-29(19-21-33)24-58-42(55)44(23-22-35-38(46)47-28-61-35)26-52-40(54)37(41(52)60-27-44)49-39(53)36(51-57-2)34-25-59-43(48-34)50-45(30-12-6-3-7-13-30,31-14-8-4-9-15-31)32-16-10-5-11-17-32/h3-23,25,28,37,41H,24,26-27H2,1-2H3,(H,48,50)(H,49,53)/t37?,41-,44?/m1/s1. The number of benzene rings is 4. The van der Waals surface area contributed by atoms with Gasteiger partial charge in [0.25, 0.3) is 5.91 Å². The number of amides is 2. The number of nitrogens with one attached hydrogen (secondary N) is 2. The number of halogens is 1. The van der Waals surface area contributed by atoms with Crippen LogP contribution in [0.2, 0.25) is 5.15 Å². The van der Waals surface area contributed by atoms with Gasteiger partial charge in [-0.25, -0.2) is 9.97 Å². The maximum atomic E-state index is 14.0. The molecule has 12 nitrogen and oxygen atoms in total.